The summed E-state index contributed by atoms with van der Waals surface area (Å²) in [6.45, 7) is 56.5. The maximum Gasteiger partial charge on any atom is 0.266 e. The van der Waals surface area contributed by atoms with Crippen molar-refractivity contribution >= 4 is 117 Å². The first-order valence-corrected chi connectivity index (χ1v) is 63.3. The maximum atomic E-state index is 12.4. The Hall–Kier alpha value is -3.39. The molecule has 1 fully saturated rings. The van der Waals surface area contributed by atoms with Crippen molar-refractivity contribution in [2.75, 3.05) is 266 Å². The van der Waals surface area contributed by atoms with E-state index in [9.17, 15) is 83.8 Å². The van der Waals surface area contributed by atoms with E-state index in [1.54, 1.807) is 27.8 Å². The van der Waals surface area contributed by atoms with E-state index in [1.165, 1.54) is 69.1 Å². The average molecular weight is 2210 g/mol. The van der Waals surface area contributed by atoms with Crippen LogP contribution in [0.5, 0.6) is 0 Å². The van der Waals surface area contributed by atoms with Gasteiger partial charge in [0.25, 0.3) is 50.6 Å². The second kappa shape index (κ2) is 85.0. The highest BCUT2D eigenvalue weighted by Gasteiger charge is 2.30. The number of aliphatic hydroxyl groups is 1. The normalized spacial score (nSPS) is 14.6. The zero-order chi connectivity index (χ0) is 113. The summed E-state index contributed by atoms with van der Waals surface area (Å²) in [5.41, 5.74) is 0. The Morgan fingerprint density at radius 3 is 1.05 bits per heavy atom. The number of nitrogens with one attached hydrogen (secondary N) is 3. The van der Waals surface area contributed by atoms with E-state index in [0.717, 1.165) is 161 Å². The van der Waals surface area contributed by atoms with Crippen molar-refractivity contribution in [2.45, 2.75) is 271 Å². The van der Waals surface area contributed by atoms with E-state index >= 15 is 0 Å². The van der Waals surface area contributed by atoms with Crippen molar-refractivity contribution in [1.29, 1.82) is 0 Å². The van der Waals surface area contributed by atoms with Crippen LogP contribution in [0.15, 0.2) is 0 Å². The van der Waals surface area contributed by atoms with Crippen LogP contribution in [0.1, 0.15) is 247 Å². The molecule has 5 atom stereocenters. The van der Waals surface area contributed by atoms with Crippen molar-refractivity contribution in [3.05, 3.63) is 0 Å². The van der Waals surface area contributed by atoms with Gasteiger partial charge in [-0.15, -0.1) is 0 Å². The highest BCUT2D eigenvalue weighted by Crippen LogP contribution is 2.20. The summed E-state index contributed by atoms with van der Waals surface area (Å²) in [4.78, 5) is 91.3. The van der Waals surface area contributed by atoms with Gasteiger partial charge in [-0.25, -0.2) is 8.42 Å². The van der Waals surface area contributed by atoms with Crippen molar-refractivity contribution in [1.82, 2.24) is 69.8 Å². The second-order valence-electron chi connectivity index (χ2n) is 41.6. The maximum absolute atomic E-state index is 12.4. The predicted molar refractivity (Wildman–Crippen MR) is 593 cm³/mol. The lowest BCUT2D eigenvalue weighted by Crippen LogP contribution is -2.50. The van der Waals surface area contributed by atoms with Gasteiger partial charge in [-0.3, -0.25) is 41.9 Å². The third-order valence-electron chi connectivity index (χ3n) is 23.7. The SMILES string of the molecule is C=S(=O)(O)CC(NC)C(=O)N(CCC(C)C)CCS(=O)(=O)O.C=S(=O)(O)CCN(C)CCN(CCC(C)C)CCS(=O)(=O)O.CC(=O)CCCCCN(C)CCN(CCC(C)C)CCS(=O)(=O)O.CC(=O)CCCN(CCC(C)C)C1CCN(C)CC1.CC(=O)CCN(C)CCNCCN(CCC(C)C)CCS(=O)(=O)O.CCC(CO)N(C)CCC(C)C.CNC(CC(C)=O)C(=O)N(CCC(C)C)CCS(=O)(=O)O. The molecule has 40 nitrogen and oxygen atoms in total. The minimum atomic E-state index is -4.19. The number of Topliss-reactive ketones (excluding diaryl/α,β-unsaturated/α-hetero) is 4. The van der Waals surface area contributed by atoms with Gasteiger partial charge in [-0.1, -0.05) is 110 Å². The molecule has 0 aromatic carbocycles. The number of rotatable bonds is 76. The van der Waals surface area contributed by atoms with E-state index in [0.29, 0.717) is 113 Å². The van der Waals surface area contributed by atoms with Gasteiger partial charge in [0.2, 0.25) is 11.8 Å². The fourth-order valence-corrected chi connectivity index (χ4v) is 17.6. The lowest BCUT2D eigenvalue weighted by molar-refractivity contribution is -0.135. The van der Waals surface area contributed by atoms with Gasteiger partial charge in [-0.05, 0) is 273 Å². The number of amides is 2. The number of aliphatic hydroxyl groups excluding tert-OH is 1. The van der Waals surface area contributed by atoms with Crippen LogP contribution in [0.4, 0.5) is 0 Å². The number of carbonyl (C=O) groups is 6. The Morgan fingerprint density at radius 2 is 0.701 bits per heavy atom. The molecular weight excluding hydrogens is 2000 g/mol. The number of nitrogens with zero attached hydrogens (tertiary/aromatic N) is 11. The summed E-state index contributed by atoms with van der Waals surface area (Å²) in [5, 5.41) is 17.8. The van der Waals surface area contributed by atoms with Gasteiger partial charge in [0.05, 0.1) is 78.6 Å². The van der Waals surface area contributed by atoms with Crippen LogP contribution in [-0.4, -0.2) is 479 Å². The van der Waals surface area contributed by atoms with Crippen molar-refractivity contribution in [2.24, 2.45) is 41.4 Å². The van der Waals surface area contributed by atoms with E-state index in [4.69, 9.17) is 32.4 Å². The minimum absolute atomic E-state index is 0.0549. The number of likely N-dealkylation sites (tertiary alicyclic amines) is 1. The van der Waals surface area contributed by atoms with E-state index in [1.807, 2.05) is 51.6 Å². The van der Waals surface area contributed by atoms with Crippen LogP contribution in [0.25, 0.3) is 0 Å². The topological polar surface area (TPSA) is 541 Å². The van der Waals surface area contributed by atoms with Crippen LogP contribution in [0.3, 0.4) is 0 Å². The van der Waals surface area contributed by atoms with Crippen LogP contribution in [0.2, 0.25) is 0 Å². The number of hydrogen-bond acceptors (Lipinski definition) is 31. The Labute approximate surface area is 876 Å². The molecule has 0 aromatic heterocycles. The summed E-state index contributed by atoms with van der Waals surface area (Å²) in [7, 11) is -13.2. The zero-order valence-corrected chi connectivity index (χ0v) is 99.5. The largest absolute Gasteiger partial charge is 0.395 e. The van der Waals surface area contributed by atoms with E-state index in [2.05, 4.69) is 159 Å². The lowest BCUT2D eigenvalue weighted by atomic mass is 10.0. The molecule has 1 rings (SSSR count). The molecule has 0 aromatic rings. The Morgan fingerprint density at radius 1 is 0.361 bits per heavy atom. The Balaban J connectivity index is -0.000000388. The standard InChI is InChI=1S/C17H36N2O4S.C16H35N3O4S.C16H32N2O.C13H30N2O5S2.C13H26N2O5S.C12H26N2O6S2.C10H23NO/c1-16(2)9-11-19(14-15-24(21,22)23)13-12-18(4)10-7-5-6-8-17(3)20;1-15(2)5-10-19(13-14-24(21,22)23)12-8-17-7-11-18(4)9-6-16(3)20;1-14(2)7-13-18(10-5-6-15(3)19)16-8-11-17(4)12-9-16;1-13(2)5-6-15(10-12-22(18,19)20)8-7-14(3)9-11-21(4,16)17;1-10(2)5-6-15(7-8-21(18,19)20)13(17)12(14-4)9-11(3)16;1-10(2)5-6-14(7-8-22(18,19)20)12(15)11(13-3)9-21(4,16)17;1-5-10(8-12)11(4)7-6-9(2)3/h16H,5-15H2,1-4H3,(H,21,22,23);15,17H,5-14H2,1-4H3,(H,21,22,23);14,16H,5-13H2,1-4H3;13H,4-12H2,1-3H3,(H,16,17)(H,18,19,20);10,12,14H,5-9H2,1-4H3,(H,18,19,20);10-11,13H,4-9H2,1-3H3,(H,16,17)(H,18,19,20);9-10,12H,5-8H2,1-4H3. The van der Waals surface area contributed by atoms with Crippen molar-refractivity contribution < 1.29 is 116 Å². The van der Waals surface area contributed by atoms with Crippen LogP contribution >= 0.6 is 0 Å². The molecule has 1 aliphatic heterocycles. The molecule has 0 aliphatic carbocycles. The summed E-state index contributed by atoms with van der Waals surface area (Å²) in [6.07, 6.45) is 16.6. The Bertz CT molecular complexity index is 4170. The first-order chi connectivity index (χ1) is 66.1. The molecule has 1 heterocycles. The molecule has 47 heteroatoms. The fourth-order valence-electron chi connectivity index (χ4n) is 13.8. The molecule has 0 bridgehead atoms. The lowest BCUT2D eigenvalue weighted by Gasteiger charge is -2.37. The molecule has 0 radical (unpaired) electrons. The zero-order valence-electron chi connectivity index (χ0n) is 93.7. The average Bonchev–Trinajstić information content (AvgIpc) is 0.875. The first-order valence-electron chi connectivity index (χ1n) is 51.6. The number of unbranched alkanes of at least 4 members (excludes halogenated alkanes) is 2. The van der Waals surface area contributed by atoms with Crippen LogP contribution in [0, 0.1) is 41.4 Å². The molecule has 2 amide bonds. The molecule has 1 saturated heterocycles. The minimum Gasteiger partial charge on any atom is -0.395 e. The molecular formula is C97H208N14O26S7. The third kappa shape index (κ3) is 108. The summed E-state index contributed by atoms with van der Waals surface area (Å²) >= 11 is 0. The van der Waals surface area contributed by atoms with Gasteiger partial charge in [0.15, 0.2) is 0 Å². The van der Waals surface area contributed by atoms with Gasteiger partial charge in [0, 0.05) is 149 Å². The number of hydrogen-bond donors (Lipinski definition) is 11. The fraction of sp³-hybridized carbons (Fsp3) is 0.918. The number of piperidine rings is 1. The van der Waals surface area contributed by atoms with Gasteiger partial charge < -0.3 is 93.7 Å². The Kier molecular flexibility index (Phi) is 89.3. The molecule has 1 aliphatic rings. The van der Waals surface area contributed by atoms with E-state index in [-0.39, 0.29) is 84.7 Å². The number of ketones is 4. The van der Waals surface area contributed by atoms with Gasteiger partial charge in [0.1, 0.15) is 23.1 Å². The summed E-state index contributed by atoms with van der Waals surface area (Å²) in [5.74, 6) is 7.89. The number of likely N-dealkylation sites (N-methyl/N-ethyl adjacent to an activating group) is 6. The molecule has 5 unspecified atom stereocenters. The predicted octanol–water partition coefficient (Wildman–Crippen LogP) is 7.75. The van der Waals surface area contributed by atoms with Crippen molar-refractivity contribution in [3.8, 4) is 0 Å². The summed E-state index contributed by atoms with van der Waals surface area (Å²) < 4.78 is 194. The first kappa shape index (κ1) is 151. The monoisotopic (exact) mass is 2210 g/mol. The second-order valence-corrected chi connectivity index (χ2v) is 53.3. The molecule has 11 N–H and O–H groups in total. The quantitative estimate of drug-likeness (QED) is 0.0157. The van der Waals surface area contributed by atoms with E-state index < -0.39 is 99.7 Å². The van der Waals surface area contributed by atoms with Gasteiger partial charge >= 0.3 is 0 Å². The van der Waals surface area contributed by atoms with Crippen LogP contribution in [-0.2, 0) is 99.0 Å². The molecule has 0 spiro atoms. The van der Waals surface area contributed by atoms with Crippen molar-refractivity contribution in [3.63, 3.8) is 0 Å². The summed E-state index contributed by atoms with van der Waals surface area (Å²) in [6, 6.07) is -0.523. The highest BCUT2D eigenvalue weighted by molar-refractivity contribution is 7.95. The third-order valence-corrected chi connectivity index (χ3v) is 28.9. The highest BCUT2D eigenvalue weighted by atomic mass is 32.2. The smallest absolute Gasteiger partial charge is 0.266 e. The number of carbonyl (C=O) groups excluding carboxylic acids is 6. The van der Waals surface area contributed by atoms with Gasteiger partial charge in [-0.2, -0.15) is 42.1 Å². The molecule has 864 valence electrons. The van der Waals surface area contributed by atoms with Crippen LogP contribution < -0.4 is 16.0 Å². The molecule has 144 heavy (non-hydrogen) atoms. The molecule has 0 saturated carbocycles.